The molecule has 1 saturated carbocycles. The third-order valence-corrected chi connectivity index (χ3v) is 4.17. The molecular weight excluding hydrogens is 254 g/mol. The molecule has 20 heavy (non-hydrogen) atoms. The van der Waals surface area contributed by atoms with E-state index in [9.17, 15) is 0 Å². The predicted octanol–water partition coefficient (Wildman–Crippen LogP) is 2.75. The molecule has 1 aliphatic carbocycles. The summed E-state index contributed by atoms with van der Waals surface area (Å²) in [5.74, 6) is 3.25. The van der Waals surface area contributed by atoms with Gasteiger partial charge in [0.2, 0.25) is 5.75 Å². The quantitative estimate of drug-likeness (QED) is 0.812. The smallest absolute Gasteiger partial charge is 0.203 e. The zero-order chi connectivity index (χ0) is 13.8. The van der Waals surface area contributed by atoms with Crippen LogP contribution >= 0.6 is 0 Å². The topological polar surface area (TPSA) is 39.7 Å². The summed E-state index contributed by atoms with van der Waals surface area (Å²) in [6.45, 7) is 3.12. The van der Waals surface area contributed by atoms with E-state index < -0.39 is 0 Å². The van der Waals surface area contributed by atoms with Crippen LogP contribution in [-0.2, 0) is 6.54 Å². The van der Waals surface area contributed by atoms with E-state index in [1.165, 1.54) is 31.2 Å². The first kappa shape index (κ1) is 13.6. The molecule has 1 aliphatic heterocycles. The van der Waals surface area contributed by atoms with Crippen molar-refractivity contribution < 1.29 is 14.2 Å². The minimum absolute atomic E-state index is 0.586. The minimum atomic E-state index is 0.586. The monoisotopic (exact) mass is 277 g/mol. The van der Waals surface area contributed by atoms with Crippen molar-refractivity contribution in [3.8, 4) is 17.2 Å². The van der Waals surface area contributed by atoms with Crippen molar-refractivity contribution in [2.45, 2.75) is 32.2 Å². The number of ether oxygens (including phenoxy) is 3. The number of fused-ring (bicyclic) bond motifs is 1. The van der Waals surface area contributed by atoms with E-state index in [0.29, 0.717) is 13.2 Å². The molecule has 4 nitrogen and oxygen atoms in total. The SMILES string of the molecule is COc1cc(CNCCC2CCC2)cc2c1OCCO2. The fraction of sp³-hybridized carbons (Fsp3) is 0.625. The Hall–Kier alpha value is -1.42. The normalized spacial score (nSPS) is 17.6. The van der Waals surface area contributed by atoms with Gasteiger partial charge < -0.3 is 19.5 Å². The van der Waals surface area contributed by atoms with Crippen molar-refractivity contribution in [1.29, 1.82) is 0 Å². The van der Waals surface area contributed by atoms with Crippen LogP contribution in [0.15, 0.2) is 12.1 Å². The molecule has 1 fully saturated rings. The lowest BCUT2D eigenvalue weighted by Crippen LogP contribution is -2.21. The second-order valence-electron chi connectivity index (χ2n) is 5.58. The van der Waals surface area contributed by atoms with Crippen molar-refractivity contribution in [2.75, 3.05) is 26.9 Å². The Morgan fingerprint density at radius 2 is 2.10 bits per heavy atom. The van der Waals surface area contributed by atoms with Crippen molar-refractivity contribution in [3.05, 3.63) is 17.7 Å². The Labute approximate surface area is 120 Å². The number of rotatable bonds is 6. The second kappa shape index (κ2) is 6.35. The van der Waals surface area contributed by atoms with Crippen LogP contribution in [0.1, 0.15) is 31.2 Å². The van der Waals surface area contributed by atoms with Crippen LogP contribution in [0.4, 0.5) is 0 Å². The third-order valence-electron chi connectivity index (χ3n) is 4.17. The largest absolute Gasteiger partial charge is 0.493 e. The minimum Gasteiger partial charge on any atom is -0.493 e. The number of nitrogens with one attached hydrogen (secondary N) is 1. The van der Waals surface area contributed by atoms with Gasteiger partial charge in [-0.1, -0.05) is 19.3 Å². The molecule has 1 heterocycles. The van der Waals surface area contributed by atoms with Crippen molar-refractivity contribution in [3.63, 3.8) is 0 Å². The van der Waals surface area contributed by atoms with Crippen molar-refractivity contribution in [1.82, 2.24) is 5.32 Å². The molecule has 1 aromatic carbocycles. The van der Waals surface area contributed by atoms with Gasteiger partial charge in [0.15, 0.2) is 11.5 Å². The number of hydrogen-bond acceptors (Lipinski definition) is 4. The number of benzene rings is 1. The van der Waals surface area contributed by atoms with Gasteiger partial charge in [-0.2, -0.15) is 0 Å². The fourth-order valence-electron chi connectivity index (χ4n) is 2.75. The van der Waals surface area contributed by atoms with Crippen LogP contribution < -0.4 is 19.5 Å². The van der Waals surface area contributed by atoms with Gasteiger partial charge in [0, 0.05) is 6.54 Å². The second-order valence-corrected chi connectivity index (χ2v) is 5.58. The zero-order valence-corrected chi connectivity index (χ0v) is 12.1. The lowest BCUT2D eigenvalue weighted by atomic mass is 9.83. The van der Waals surface area contributed by atoms with Gasteiger partial charge in [-0.05, 0) is 36.6 Å². The highest BCUT2D eigenvalue weighted by Gasteiger charge is 2.19. The van der Waals surface area contributed by atoms with E-state index in [2.05, 4.69) is 5.32 Å². The Balaban J connectivity index is 1.57. The Bertz CT molecular complexity index is 440. The van der Waals surface area contributed by atoms with Crippen LogP contribution in [0.5, 0.6) is 17.2 Å². The number of hydrogen-bond donors (Lipinski definition) is 1. The summed E-state index contributed by atoms with van der Waals surface area (Å²) in [5.41, 5.74) is 1.18. The average Bonchev–Trinajstić information content (AvgIpc) is 2.44. The maximum absolute atomic E-state index is 5.64. The molecule has 0 aromatic heterocycles. The molecule has 3 rings (SSSR count). The van der Waals surface area contributed by atoms with Crippen LogP contribution in [0.2, 0.25) is 0 Å². The number of methoxy groups -OCH3 is 1. The molecule has 0 saturated heterocycles. The molecule has 4 heteroatoms. The standard InChI is InChI=1S/C16H23NO3/c1-18-14-9-13(10-15-16(14)20-8-7-19-15)11-17-6-5-12-3-2-4-12/h9-10,12,17H,2-8,11H2,1H3. The van der Waals surface area contributed by atoms with E-state index in [-0.39, 0.29) is 0 Å². The van der Waals surface area contributed by atoms with Gasteiger partial charge in [0.25, 0.3) is 0 Å². The van der Waals surface area contributed by atoms with Gasteiger partial charge in [-0.25, -0.2) is 0 Å². The Kier molecular flexibility index (Phi) is 4.31. The molecule has 110 valence electrons. The molecule has 0 spiro atoms. The van der Waals surface area contributed by atoms with Gasteiger partial charge in [-0.3, -0.25) is 0 Å². The molecule has 1 aromatic rings. The summed E-state index contributed by atoms with van der Waals surface area (Å²) in [6.07, 6.45) is 5.55. The average molecular weight is 277 g/mol. The van der Waals surface area contributed by atoms with Crippen molar-refractivity contribution in [2.24, 2.45) is 5.92 Å². The molecule has 0 unspecified atom stereocenters. The van der Waals surface area contributed by atoms with E-state index in [4.69, 9.17) is 14.2 Å². The summed E-state index contributed by atoms with van der Waals surface area (Å²) in [6, 6.07) is 4.08. The van der Waals surface area contributed by atoms with Crippen LogP contribution in [-0.4, -0.2) is 26.9 Å². The first-order valence-electron chi connectivity index (χ1n) is 7.54. The first-order chi connectivity index (χ1) is 9.86. The van der Waals surface area contributed by atoms with E-state index >= 15 is 0 Å². The molecule has 0 amide bonds. The lowest BCUT2D eigenvalue weighted by Gasteiger charge is -2.25. The molecule has 0 radical (unpaired) electrons. The van der Waals surface area contributed by atoms with Gasteiger partial charge in [0.05, 0.1) is 7.11 Å². The van der Waals surface area contributed by atoms with E-state index in [0.717, 1.165) is 36.3 Å². The third kappa shape index (κ3) is 3.01. The lowest BCUT2D eigenvalue weighted by molar-refractivity contribution is 0.165. The Morgan fingerprint density at radius 1 is 1.25 bits per heavy atom. The molecule has 0 atom stereocenters. The summed E-state index contributed by atoms with van der Waals surface area (Å²) in [4.78, 5) is 0. The van der Waals surface area contributed by atoms with Gasteiger partial charge >= 0.3 is 0 Å². The Morgan fingerprint density at radius 3 is 2.85 bits per heavy atom. The first-order valence-corrected chi connectivity index (χ1v) is 7.54. The van der Waals surface area contributed by atoms with E-state index in [1.807, 2.05) is 12.1 Å². The summed E-state index contributed by atoms with van der Waals surface area (Å²) < 4.78 is 16.6. The summed E-state index contributed by atoms with van der Waals surface area (Å²) in [7, 11) is 1.67. The maximum atomic E-state index is 5.64. The van der Waals surface area contributed by atoms with Crippen LogP contribution in [0, 0.1) is 5.92 Å². The van der Waals surface area contributed by atoms with Crippen molar-refractivity contribution >= 4 is 0 Å². The molecule has 2 aliphatic rings. The predicted molar refractivity (Wildman–Crippen MR) is 77.6 cm³/mol. The summed E-state index contributed by atoms with van der Waals surface area (Å²) >= 11 is 0. The highest BCUT2D eigenvalue weighted by molar-refractivity contribution is 5.54. The molecule has 1 N–H and O–H groups in total. The van der Waals surface area contributed by atoms with Gasteiger partial charge in [0.1, 0.15) is 13.2 Å². The van der Waals surface area contributed by atoms with E-state index in [1.54, 1.807) is 7.11 Å². The highest BCUT2D eigenvalue weighted by Crippen LogP contribution is 2.40. The zero-order valence-electron chi connectivity index (χ0n) is 12.1. The van der Waals surface area contributed by atoms with Crippen LogP contribution in [0.25, 0.3) is 0 Å². The van der Waals surface area contributed by atoms with Crippen LogP contribution in [0.3, 0.4) is 0 Å². The molecule has 0 bridgehead atoms. The summed E-state index contributed by atoms with van der Waals surface area (Å²) in [5, 5.41) is 3.51. The fourth-order valence-corrected chi connectivity index (χ4v) is 2.75. The highest BCUT2D eigenvalue weighted by atomic mass is 16.6. The van der Waals surface area contributed by atoms with Gasteiger partial charge in [-0.15, -0.1) is 0 Å². The molecular formula is C16H23NO3. The maximum Gasteiger partial charge on any atom is 0.203 e.